The minimum absolute atomic E-state index is 0.392. The van der Waals surface area contributed by atoms with Gasteiger partial charge in [0.15, 0.2) is 6.29 Å². The van der Waals surface area contributed by atoms with Crippen molar-refractivity contribution in [1.29, 1.82) is 0 Å². The summed E-state index contributed by atoms with van der Waals surface area (Å²) in [5.41, 5.74) is 0.422. The Balaban J connectivity index is 3.35. The van der Waals surface area contributed by atoms with Gasteiger partial charge in [0.05, 0.1) is 5.02 Å². The van der Waals surface area contributed by atoms with Crippen LogP contribution >= 0.6 is 23.8 Å². The summed E-state index contributed by atoms with van der Waals surface area (Å²) in [4.78, 5) is 12.9. The van der Waals surface area contributed by atoms with Crippen LogP contribution in [-0.2, 0) is 0 Å². The standard InChI is InChI=1S/C6H4ClNOS/c7-5-2-8-6(10)1-4(5)3-9/h1-3H,(H,8,10). The van der Waals surface area contributed by atoms with Crippen LogP contribution in [0, 0.1) is 4.64 Å². The van der Waals surface area contributed by atoms with Crippen LogP contribution in [0.2, 0.25) is 5.02 Å². The lowest BCUT2D eigenvalue weighted by Crippen LogP contribution is -1.83. The molecule has 1 heterocycles. The largest absolute Gasteiger partial charge is 0.351 e. The molecule has 10 heavy (non-hydrogen) atoms. The topological polar surface area (TPSA) is 32.9 Å². The number of pyridine rings is 1. The number of carbonyl (C=O) groups is 1. The second kappa shape index (κ2) is 2.94. The van der Waals surface area contributed by atoms with Crippen LogP contribution in [0.5, 0.6) is 0 Å². The normalized spacial score (nSPS) is 9.30. The molecule has 0 amide bonds. The van der Waals surface area contributed by atoms with Crippen LogP contribution in [-0.4, -0.2) is 11.3 Å². The molecule has 0 fully saturated rings. The van der Waals surface area contributed by atoms with Crippen molar-refractivity contribution in [3.8, 4) is 0 Å². The lowest BCUT2D eigenvalue weighted by molar-refractivity contribution is 0.112. The first-order chi connectivity index (χ1) is 4.74. The van der Waals surface area contributed by atoms with E-state index in [1.54, 1.807) is 0 Å². The molecule has 1 aromatic heterocycles. The van der Waals surface area contributed by atoms with Crippen molar-refractivity contribution in [3.63, 3.8) is 0 Å². The average molecular weight is 174 g/mol. The molecule has 0 spiro atoms. The maximum Gasteiger partial charge on any atom is 0.151 e. The van der Waals surface area contributed by atoms with E-state index in [-0.39, 0.29) is 0 Å². The molecule has 0 saturated carbocycles. The van der Waals surface area contributed by atoms with Gasteiger partial charge in [-0.2, -0.15) is 0 Å². The van der Waals surface area contributed by atoms with Gasteiger partial charge in [0.2, 0.25) is 0 Å². The molecular formula is C6H4ClNOS. The number of aromatic amines is 1. The fourth-order valence-corrected chi connectivity index (χ4v) is 0.900. The van der Waals surface area contributed by atoms with Gasteiger partial charge in [-0.15, -0.1) is 0 Å². The predicted octanol–water partition coefficient (Wildman–Crippen LogP) is 2.21. The summed E-state index contributed by atoms with van der Waals surface area (Å²) in [7, 11) is 0. The molecule has 0 aliphatic carbocycles. The fourth-order valence-electron chi connectivity index (χ4n) is 0.560. The van der Waals surface area contributed by atoms with Gasteiger partial charge in [-0.25, -0.2) is 0 Å². The lowest BCUT2D eigenvalue weighted by atomic mass is 10.3. The highest BCUT2D eigenvalue weighted by Crippen LogP contribution is 2.10. The van der Waals surface area contributed by atoms with Crippen LogP contribution in [0.1, 0.15) is 10.4 Å². The average Bonchev–Trinajstić information content (AvgIpc) is 1.94. The molecular weight excluding hydrogens is 170 g/mol. The smallest absolute Gasteiger partial charge is 0.151 e. The van der Waals surface area contributed by atoms with E-state index in [2.05, 4.69) is 4.98 Å². The minimum atomic E-state index is 0.392. The summed E-state index contributed by atoms with van der Waals surface area (Å²) in [5, 5.41) is 0.392. The van der Waals surface area contributed by atoms with Gasteiger partial charge in [0, 0.05) is 11.8 Å². The molecule has 0 saturated heterocycles. The molecule has 0 aliphatic rings. The Hall–Kier alpha value is -0.670. The third-order valence-corrected chi connectivity index (χ3v) is 1.59. The van der Waals surface area contributed by atoms with Gasteiger partial charge < -0.3 is 4.98 Å². The summed E-state index contributed by atoms with van der Waals surface area (Å²) >= 11 is 10.3. The monoisotopic (exact) mass is 173 g/mol. The zero-order valence-electron chi connectivity index (χ0n) is 4.93. The molecule has 0 unspecified atom stereocenters. The first kappa shape index (κ1) is 7.44. The number of aromatic nitrogens is 1. The van der Waals surface area contributed by atoms with Gasteiger partial charge in [-0.3, -0.25) is 4.79 Å². The van der Waals surface area contributed by atoms with E-state index in [1.807, 2.05) is 0 Å². The summed E-state index contributed by atoms with van der Waals surface area (Å²) in [6, 6.07) is 1.52. The molecule has 1 rings (SSSR count). The Morgan fingerprint density at radius 1 is 1.70 bits per heavy atom. The van der Waals surface area contributed by atoms with Gasteiger partial charge >= 0.3 is 0 Å². The van der Waals surface area contributed by atoms with E-state index in [0.717, 1.165) is 0 Å². The van der Waals surface area contributed by atoms with E-state index < -0.39 is 0 Å². The van der Waals surface area contributed by atoms with Crippen LogP contribution < -0.4 is 0 Å². The van der Waals surface area contributed by atoms with Gasteiger partial charge in [-0.1, -0.05) is 23.8 Å². The first-order valence-corrected chi connectivity index (χ1v) is 3.36. The third kappa shape index (κ3) is 1.43. The Morgan fingerprint density at radius 3 is 2.90 bits per heavy atom. The van der Waals surface area contributed by atoms with Crippen molar-refractivity contribution in [2.45, 2.75) is 0 Å². The Kier molecular flexibility index (Phi) is 2.19. The molecule has 2 nitrogen and oxygen atoms in total. The number of hydrogen-bond donors (Lipinski definition) is 1. The van der Waals surface area contributed by atoms with Crippen molar-refractivity contribution < 1.29 is 4.79 Å². The fraction of sp³-hybridized carbons (Fsp3) is 0. The van der Waals surface area contributed by atoms with Crippen LogP contribution in [0.15, 0.2) is 12.3 Å². The first-order valence-electron chi connectivity index (χ1n) is 2.57. The number of H-pyrrole nitrogens is 1. The Bertz CT molecular complexity index is 307. The molecule has 1 N–H and O–H groups in total. The Labute approximate surface area is 67.8 Å². The second-order valence-electron chi connectivity index (χ2n) is 1.72. The molecule has 4 heteroatoms. The number of halogens is 1. The molecule has 0 bridgehead atoms. The van der Waals surface area contributed by atoms with Gasteiger partial charge in [0.25, 0.3) is 0 Å². The van der Waals surface area contributed by atoms with Crippen molar-refractivity contribution >= 4 is 30.1 Å². The van der Waals surface area contributed by atoms with E-state index in [9.17, 15) is 4.79 Å². The quantitative estimate of drug-likeness (QED) is 0.522. The highest BCUT2D eigenvalue weighted by molar-refractivity contribution is 7.71. The summed E-state index contributed by atoms with van der Waals surface area (Å²) in [6.07, 6.45) is 2.17. The number of carbonyl (C=O) groups excluding carboxylic acids is 1. The molecule has 52 valence electrons. The molecule has 0 atom stereocenters. The van der Waals surface area contributed by atoms with Crippen molar-refractivity contribution in [2.75, 3.05) is 0 Å². The number of nitrogens with one attached hydrogen (secondary N) is 1. The third-order valence-electron chi connectivity index (χ3n) is 1.03. The van der Waals surface area contributed by atoms with E-state index in [0.29, 0.717) is 21.5 Å². The summed E-state index contributed by atoms with van der Waals surface area (Å²) in [6.45, 7) is 0. The Morgan fingerprint density at radius 2 is 2.40 bits per heavy atom. The summed E-state index contributed by atoms with van der Waals surface area (Å²) < 4.78 is 0.506. The maximum atomic E-state index is 10.2. The minimum Gasteiger partial charge on any atom is -0.351 e. The zero-order chi connectivity index (χ0) is 7.56. The van der Waals surface area contributed by atoms with E-state index in [1.165, 1.54) is 12.3 Å². The zero-order valence-corrected chi connectivity index (χ0v) is 6.50. The van der Waals surface area contributed by atoms with Gasteiger partial charge in [-0.05, 0) is 6.07 Å². The highest BCUT2D eigenvalue weighted by Gasteiger charge is 1.95. The number of aldehydes is 1. The van der Waals surface area contributed by atoms with Crippen LogP contribution in [0.25, 0.3) is 0 Å². The van der Waals surface area contributed by atoms with Crippen molar-refractivity contribution in [1.82, 2.24) is 4.98 Å². The number of hydrogen-bond acceptors (Lipinski definition) is 2. The SMILES string of the molecule is O=Cc1cc(=S)[nH]cc1Cl. The molecule has 0 radical (unpaired) electrons. The highest BCUT2D eigenvalue weighted by atomic mass is 35.5. The molecule has 0 aliphatic heterocycles. The lowest BCUT2D eigenvalue weighted by Gasteiger charge is -1.91. The van der Waals surface area contributed by atoms with Gasteiger partial charge in [0.1, 0.15) is 4.64 Å². The van der Waals surface area contributed by atoms with Crippen molar-refractivity contribution in [2.24, 2.45) is 0 Å². The van der Waals surface area contributed by atoms with E-state index >= 15 is 0 Å². The second-order valence-corrected chi connectivity index (χ2v) is 2.57. The number of rotatable bonds is 1. The predicted molar refractivity (Wildman–Crippen MR) is 42.0 cm³/mol. The van der Waals surface area contributed by atoms with Crippen LogP contribution in [0.4, 0.5) is 0 Å². The summed E-state index contributed by atoms with van der Waals surface area (Å²) in [5.74, 6) is 0. The van der Waals surface area contributed by atoms with Crippen molar-refractivity contribution in [3.05, 3.63) is 27.5 Å². The molecule has 1 aromatic rings. The van der Waals surface area contributed by atoms with E-state index in [4.69, 9.17) is 23.8 Å². The molecule has 0 aromatic carbocycles. The van der Waals surface area contributed by atoms with Crippen LogP contribution in [0.3, 0.4) is 0 Å². The maximum absolute atomic E-state index is 10.2.